The number of amides is 1. The Labute approximate surface area is 134 Å². The molecule has 0 aliphatic carbocycles. The Balaban J connectivity index is 2.04. The van der Waals surface area contributed by atoms with E-state index in [1.165, 1.54) is 23.1 Å². The quantitative estimate of drug-likeness (QED) is 0.436. The molecule has 24 heavy (non-hydrogen) atoms. The molecule has 3 N–H and O–H groups in total. The number of aromatic nitrogens is 3. The summed E-state index contributed by atoms with van der Waals surface area (Å²) in [6, 6.07) is 6.59. The van der Waals surface area contributed by atoms with Gasteiger partial charge in [-0.25, -0.2) is 5.84 Å². The van der Waals surface area contributed by atoms with Crippen LogP contribution in [-0.4, -0.2) is 20.7 Å². The normalized spacial score (nSPS) is 11.7. The molecule has 9 heteroatoms. The minimum Gasteiger partial charge on any atom is -0.293 e. The second-order valence-corrected chi connectivity index (χ2v) is 5.08. The molecule has 2 heterocycles. The van der Waals surface area contributed by atoms with Crippen LogP contribution < -0.4 is 11.3 Å². The maximum atomic E-state index is 12.8. The van der Waals surface area contributed by atoms with Crippen LogP contribution in [0.1, 0.15) is 5.56 Å². The van der Waals surface area contributed by atoms with Gasteiger partial charge in [0.25, 0.3) is 5.91 Å². The van der Waals surface area contributed by atoms with Gasteiger partial charge in [0.2, 0.25) is 0 Å². The fourth-order valence-corrected chi connectivity index (χ4v) is 2.30. The van der Waals surface area contributed by atoms with Crippen LogP contribution in [0.4, 0.5) is 13.2 Å². The van der Waals surface area contributed by atoms with Gasteiger partial charge < -0.3 is 0 Å². The van der Waals surface area contributed by atoms with Crippen LogP contribution >= 0.6 is 0 Å². The summed E-state index contributed by atoms with van der Waals surface area (Å²) < 4.78 is 39.9. The van der Waals surface area contributed by atoms with E-state index < -0.39 is 17.6 Å². The van der Waals surface area contributed by atoms with Crippen LogP contribution in [0.3, 0.4) is 0 Å². The van der Waals surface area contributed by atoms with Gasteiger partial charge >= 0.3 is 6.18 Å². The summed E-state index contributed by atoms with van der Waals surface area (Å²) in [5.41, 5.74) is 3.16. The van der Waals surface area contributed by atoms with Gasteiger partial charge in [0.15, 0.2) is 0 Å². The highest BCUT2D eigenvalue weighted by molar-refractivity contribution is 5.82. The van der Waals surface area contributed by atoms with Crippen molar-refractivity contribution in [2.75, 3.05) is 0 Å². The standard InChI is InChI=1S/C15H12F3N5O/c16-15(17,18)11-3-1-2-9(4-11)10-5-13-12(20-6-10)7-21-23(13)8-14(24)22-19/h1-7H,8,19H2,(H,22,24). The zero-order chi connectivity index (χ0) is 17.3. The number of pyridine rings is 1. The highest BCUT2D eigenvalue weighted by Gasteiger charge is 2.30. The van der Waals surface area contributed by atoms with Gasteiger partial charge in [-0.2, -0.15) is 18.3 Å². The van der Waals surface area contributed by atoms with Crippen LogP contribution in [-0.2, 0) is 17.5 Å². The number of hydrogen-bond donors (Lipinski definition) is 2. The number of hydrogen-bond acceptors (Lipinski definition) is 4. The molecule has 0 saturated carbocycles. The van der Waals surface area contributed by atoms with Crippen molar-refractivity contribution in [3.63, 3.8) is 0 Å². The van der Waals surface area contributed by atoms with E-state index in [9.17, 15) is 18.0 Å². The fourth-order valence-electron chi connectivity index (χ4n) is 2.30. The zero-order valence-corrected chi connectivity index (χ0v) is 12.2. The monoisotopic (exact) mass is 335 g/mol. The number of rotatable bonds is 3. The molecule has 6 nitrogen and oxygen atoms in total. The van der Waals surface area contributed by atoms with Crippen molar-refractivity contribution in [3.8, 4) is 11.1 Å². The van der Waals surface area contributed by atoms with Crippen molar-refractivity contribution in [1.29, 1.82) is 0 Å². The Bertz CT molecular complexity index is 904. The number of fused-ring (bicyclic) bond motifs is 1. The van der Waals surface area contributed by atoms with E-state index in [0.717, 1.165) is 12.1 Å². The molecule has 3 rings (SSSR count). The molecule has 124 valence electrons. The number of halogens is 3. The van der Waals surface area contributed by atoms with Gasteiger partial charge in [-0.15, -0.1) is 0 Å². The highest BCUT2D eigenvalue weighted by Crippen LogP contribution is 2.32. The molecule has 0 bridgehead atoms. The summed E-state index contributed by atoms with van der Waals surface area (Å²) in [7, 11) is 0. The van der Waals surface area contributed by atoms with Gasteiger partial charge in [0.1, 0.15) is 12.1 Å². The Morgan fingerprint density at radius 1 is 1.21 bits per heavy atom. The molecule has 0 saturated heterocycles. The van der Waals surface area contributed by atoms with Crippen LogP contribution in [0.15, 0.2) is 42.7 Å². The first-order valence-electron chi connectivity index (χ1n) is 6.87. The third-order valence-electron chi connectivity index (χ3n) is 3.47. The Kier molecular flexibility index (Phi) is 3.94. The van der Waals surface area contributed by atoms with E-state index in [0.29, 0.717) is 22.2 Å². The van der Waals surface area contributed by atoms with Crippen molar-refractivity contribution >= 4 is 16.9 Å². The Morgan fingerprint density at radius 2 is 2.00 bits per heavy atom. The first kappa shape index (κ1) is 15.9. The topological polar surface area (TPSA) is 85.8 Å². The largest absolute Gasteiger partial charge is 0.416 e. The van der Waals surface area contributed by atoms with Crippen molar-refractivity contribution in [2.24, 2.45) is 5.84 Å². The van der Waals surface area contributed by atoms with Crippen LogP contribution in [0.25, 0.3) is 22.2 Å². The number of nitrogens with zero attached hydrogens (tertiary/aromatic N) is 3. The molecule has 0 spiro atoms. The number of carbonyl (C=O) groups is 1. The molecule has 0 fully saturated rings. The first-order valence-corrected chi connectivity index (χ1v) is 6.87. The number of nitrogens with one attached hydrogen (secondary N) is 1. The minimum absolute atomic E-state index is 0.117. The summed E-state index contributed by atoms with van der Waals surface area (Å²) >= 11 is 0. The fraction of sp³-hybridized carbons (Fsp3) is 0.133. The molecule has 1 amide bonds. The summed E-state index contributed by atoms with van der Waals surface area (Å²) in [6.45, 7) is -0.117. The summed E-state index contributed by atoms with van der Waals surface area (Å²) in [4.78, 5) is 15.6. The zero-order valence-electron chi connectivity index (χ0n) is 12.2. The SMILES string of the molecule is NNC(=O)Cn1ncc2ncc(-c3cccc(C(F)(F)F)c3)cc21. The molecule has 0 unspecified atom stereocenters. The molecule has 0 aliphatic rings. The molecule has 3 aromatic rings. The number of nitrogens with two attached hydrogens (primary N) is 1. The van der Waals surface area contributed by atoms with Crippen molar-refractivity contribution in [2.45, 2.75) is 12.7 Å². The summed E-state index contributed by atoms with van der Waals surface area (Å²) in [5.74, 6) is 4.59. The number of alkyl halides is 3. The number of hydrazine groups is 1. The van der Waals surface area contributed by atoms with E-state index in [1.54, 1.807) is 12.1 Å². The molecular weight excluding hydrogens is 323 g/mol. The molecule has 2 aromatic heterocycles. The van der Waals surface area contributed by atoms with E-state index in [-0.39, 0.29) is 6.54 Å². The average Bonchev–Trinajstić information content (AvgIpc) is 2.96. The minimum atomic E-state index is -4.42. The van der Waals surface area contributed by atoms with E-state index >= 15 is 0 Å². The lowest BCUT2D eigenvalue weighted by Gasteiger charge is -2.09. The lowest BCUT2D eigenvalue weighted by Crippen LogP contribution is -2.33. The maximum absolute atomic E-state index is 12.8. The maximum Gasteiger partial charge on any atom is 0.416 e. The van der Waals surface area contributed by atoms with E-state index in [1.807, 2.05) is 5.43 Å². The first-order chi connectivity index (χ1) is 11.4. The van der Waals surface area contributed by atoms with Gasteiger partial charge in [-0.05, 0) is 23.8 Å². The highest BCUT2D eigenvalue weighted by atomic mass is 19.4. The third-order valence-corrected chi connectivity index (χ3v) is 3.47. The predicted molar refractivity (Wildman–Crippen MR) is 80.3 cm³/mol. The Hall–Kier alpha value is -2.94. The van der Waals surface area contributed by atoms with E-state index in [4.69, 9.17) is 5.84 Å². The van der Waals surface area contributed by atoms with Crippen LogP contribution in [0, 0.1) is 0 Å². The molecule has 0 atom stereocenters. The van der Waals surface area contributed by atoms with Gasteiger partial charge in [0.05, 0.1) is 17.3 Å². The van der Waals surface area contributed by atoms with Gasteiger partial charge in [-0.3, -0.25) is 19.9 Å². The second kappa shape index (κ2) is 5.93. The lowest BCUT2D eigenvalue weighted by molar-refractivity contribution is -0.137. The van der Waals surface area contributed by atoms with Crippen molar-refractivity contribution in [3.05, 3.63) is 48.3 Å². The smallest absolute Gasteiger partial charge is 0.293 e. The number of carbonyl (C=O) groups excluding carboxylic acids is 1. The predicted octanol–water partition coefficient (Wildman–Crippen LogP) is 2.11. The van der Waals surface area contributed by atoms with Crippen LogP contribution in [0.5, 0.6) is 0 Å². The second-order valence-electron chi connectivity index (χ2n) is 5.08. The van der Waals surface area contributed by atoms with Crippen molar-refractivity contribution < 1.29 is 18.0 Å². The molecule has 1 aromatic carbocycles. The number of benzene rings is 1. The summed E-state index contributed by atoms with van der Waals surface area (Å²) in [5, 5.41) is 4.03. The van der Waals surface area contributed by atoms with Crippen molar-refractivity contribution in [1.82, 2.24) is 20.2 Å². The van der Waals surface area contributed by atoms with Gasteiger partial charge in [0, 0.05) is 11.8 Å². The lowest BCUT2D eigenvalue weighted by atomic mass is 10.0. The van der Waals surface area contributed by atoms with Crippen LogP contribution in [0.2, 0.25) is 0 Å². The third kappa shape index (κ3) is 3.06. The summed E-state index contributed by atoms with van der Waals surface area (Å²) in [6.07, 6.45) is -1.49. The molecular formula is C15H12F3N5O. The average molecular weight is 335 g/mol. The Morgan fingerprint density at radius 3 is 2.71 bits per heavy atom. The van der Waals surface area contributed by atoms with E-state index in [2.05, 4.69) is 10.1 Å². The molecule has 0 aliphatic heterocycles. The van der Waals surface area contributed by atoms with Gasteiger partial charge in [-0.1, -0.05) is 12.1 Å². The molecule has 0 radical (unpaired) electrons.